The highest BCUT2D eigenvalue weighted by atomic mass is 16.2. The molecule has 2 aliphatic rings. The largest absolute Gasteiger partial charge is 0.335 e. The number of hydrogen-bond donors (Lipinski definition) is 4. The lowest BCUT2D eigenvalue weighted by molar-refractivity contribution is 0.214. The fourth-order valence-corrected chi connectivity index (χ4v) is 4.81. The summed E-state index contributed by atoms with van der Waals surface area (Å²) in [6.45, 7) is 8.89. The first-order valence-electron chi connectivity index (χ1n) is 11.5. The molecule has 30 heavy (non-hydrogen) atoms. The van der Waals surface area contributed by atoms with E-state index < -0.39 is 0 Å². The van der Waals surface area contributed by atoms with Gasteiger partial charge in [0.2, 0.25) is 0 Å². The normalized spacial score (nSPS) is 31.5. The van der Waals surface area contributed by atoms with Crippen LogP contribution >= 0.6 is 0 Å². The molecule has 0 spiro atoms. The molecular formula is C24H38N4O2. The predicted molar refractivity (Wildman–Crippen MR) is 123 cm³/mol. The SMILES string of the molecule is C[C@@H]1CC[C@@H](C)[C@H](NC(=O)Nc2cccc(NC(=O)N[C@@H]3C[C@H](C)CC[C@@H]3C)c2)C1. The van der Waals surface area contributed by atoms with Crippen molar-refractivity contribution in [2.45, 2.75) is 78.3 Å². The summed E-state index contributed by atoms with van der Waals surface area (Å²) in [5.74, 6) is 2.28. The molecule has 166 valence electrons. The van der Waals surface area contributed by atoms with Crippen LogP contribution < -0.4 is 21.3 Å². The second kappa shape index (κ2) is 10.2. The third-order valence-corrected chi connectivity index (χ3v) is 6.93. The number of amides is 4. The molecule has 2 fully saturated rings. The first-order chi connectivity index (χ1) is 14.3. The quantitative estimate of drug-likeness (QED) is 0.519. The van der Waals surface area contributed by atoms with Crippen LogP contribution in [0.15, 0.2) is 24.3 Å². The third kappa shape index (κ3) is 6.38. The molecule has 2 saturated carbocycles. The number of benzene rings is 1. The van der Waals surface area contributed by atoms with E-state index in [-0.39, 0.29) is 24.1 Å². The number of carbonyl (C=O) groups excluding carboxylic acids is 2. The van der Waals surface area contributed by atoms with Gasteiger partial charge in [-0.1, -0.05) is 46.6 Å². The summed E-state index contributed by atoms with van der Waals surface area (Å²) in [5, 5.41) is 12.1. The molecular weight excluding hydrogens is 376 g/mol. The molecule has 0 aromatic heterocycles. The standard InChI is InChI=1S/C24H38N4O2/c1-15-8-10-17(3)21(12-15)27-23(29)25-19-6-5-7-20(14-19)26-24(30)28-22-13-16(2)9-11-18(22)4/h5-7,14-18,21-22H,8-13H2,1-4H3,(H2,25,27,29)(H2,26,28,30)/t15-,16-,17-,18+,21-,22-/m1/s1. The lowest BCUT2D eigenvalue weighted by Gasteiger charge is -2.33. The van der Waals surface area contributed by atoms with Gasteiger partial charge >= 0.3 is 12.1 Å². The first-order valence-corrected chi connectivity index (χ1v) is 11.5. The van der Waals surface area contributed by atoms with Crippen LogP contribution in [0, 0.1) is 23.7 Å². The summed E-state index contributed by atoms with van der Waals surface area (Å²) in [4.78, 5) is 24.9. The van der Waals surface area contributed by atoms with Crippen molar-refractivity contribution in [1.29, 1.82) is 0 Å². The fourth-order valence-electron chi connectivity index (χ4n) is 4.81. The summed E-state index contributed by atoms with van der Waals surface area (Å²) in [6, 6.07) is 7.34. The monoisotopic (exact) mass is 414 g/mol. The number of carbonyl (C=O) groups is 2. The summed E-state index contributed by atoms with van der Waals surface area (Å²) in [5.41, 5.74) is 1.34. The molecule has 1 aromatic carbocycles. The maximum absolute atomic E-state index is 12.5. The molecule has 0 aliphatic heterocycles. The van der Waals surface area contributed by atoms with E-state index in [1.165, 1.54) is 12.8 Å². The van der Waals surface area contributed by atoms with Crippen molar-refractivity contribution in [2.24, 2.45) is 23.7 Å². The van der Waals surface area contributed by atoms with Gasteiger partial charge in [0.15, 0.2) is 0 Å². The Morgan fingerprint density at radius 1 is 0.733 bits per heavy atom. The minimum atomic E-state index is -0.187. The van der Waals surface area contributed by atoms with Crippen LogP contribution in [-0.4, -0.2) is 24.1 Å². The Morgan fingerprint density at radius 3 is 1.60 bits per heavy atom. The van der Waals surface area contributed by atoms with Crippen LogP contribution in [-0.2, 0) is 0 Å². The molecule has 6 atom stereocenters. The van der Waals surface area contributed by atoms with E-state index >= 15 is 0 Å². The zero-order chi connectivity index (χ0) is 21.7. The molecule has 6 nitrogen and oxygen atoms in total. The van der Waals surface area contributed by atoms with Gasteiger partial charge in [0.1, 0.15) is 0 Å². The van der Waals surface area contributed by atoms with E-state index in [0.717, 1.165) is 25.7 Å². The van der Waals surface area contributed by atoms with Gasteiger partial charge in [-0.05, 0) is 67.6 Å². The molecule has 2 aliphatic carbocycles. The Balaban J connectivity index is 1.51. The second-order valence-corrected chi connectivity index (χ2v) is 9.78. The van der Waals surface area contributed by atoms with Crippen molar-refractivity contribution >= 4 is 23.4 Å². The lowest BCUT2D eigenvalue weighted by Crippen LogP contribution is -2.45. The van der Waals surface area contributed by atoms with E-state index in [2.05, 4.69) is 49.0 Å². The van der Waals surface area contributed by atoms with E-state index in [1.54, 1.807) is 6.07 Å². The highest BCUT2D eigenvalue weighted by molar-refractivity contribution is 5.93. The molecule has 0 bridgehead atoms. The Hall–Kier alpha value is -2.24. The minimum absolute atomic E-state index is 0.187. The zero-order valence-electron chi connectivity index (χ0n) is 18.8. The third-order valence-electron chi connectivity index (χ3n) is 6.93. The molecule has 4 amide bonds. The molecule has 0 unspecified atom stereocenters. The maximum Gasteiger partial charge on any atom is 0.319 e. The summed E-state index contributed by atoms with van der Waals surface area (Å²) in [6.07, 6.45) is 6.81. The topological polar surface area (TPSA) is 82.3 Å². The van der Waals surface area contributed by atoms with Crippen LogP contribution in [0.25, 0.3) is 0 Å². The van der Waals surface area contributed by atoms with Crippen LogP contribution in [0.4, 0.5) is 21.0 Å². The minimum Gasteiger partial charge on any atom is -0.335 e. The summed E-state index contributed by atoms with van der Waals surface area (Å²) in [7, 11) is 0. The van der Waals surface area contributed by atoms with Gasteiger partial charge in [-0.25, -0.2) is 9.59 Å². The van der Waals surface area contributed by atoms with Gasteiger partial charge in [0, 0.05) is 23.5 Å². The zero-order valence-corrected chi connectivity index (χ0v) is 18.8. The van der Waals surface area contributed by atoms with Crippen molar-refractivity contribution in [3.8, 4) is 0 Å². The molecule has 4 N–H and O–H groups in total. The van der Waals surface area contributed by atoms with Crippen LogP contribution in [0.5, 0.6) is 0 Å². The van der Waals surface area contributed by atoms with Crippen molar-refractivity contribution in [1.82, 2.24) is 10.6 Å². The van der Waals surface area contributed by atoms with Gasteiger partial charge in [-0.15, -0.1) is 0 Å². The van der Waals surface area contributed by atoms with E-state index in [1.807, 2.05) is 18.2 Å². The number of rotatable bonds is 4. The van der Waals surface area contributed by atoms with Crippen molar-refractivity contribution in [3.63, 3.8) is 0 Å². The highest BCUT2D eigenvalue weighted by Gasteiger charge is 2.27. The Morgan fingerprint density at radius 2 is 1.17 bits per heavy atom. The fraction of sp³-hybridized carbons (Fsp3) is 0.667. The van der Waals surface area contributed by atoms with Crippen molar-refractivity contribution in [2.75, 3.05) is 10.6 Å². The summed E-state index contributed by atoms with van der Waals surface area (Å²) >= 11 is 0. The maximum atomic E-state index is 12.5. The van der Waals surface area contributed by atoms with Crippen molar-refractivity contribution in [3.05, 3.63) is 24.3 Å². The van der Waals surface area contributed by atoms with Gasteiger partial charge in [-0.2, -0.15) is 0 Å². The van der Waals surface area contributed by atoms with Gasteiger partial charge < -0.3 is 21.3 Å². The highest BCUT2D eigenvalue weighted by Crippen LogP contribution is 2.29. The van der Waals surface area contributed by atoms with Crippen molar-refractivity contribution < 1.29 is 9.59 Å². The molecule has 0 saturated heterocycles. The Bertz CT molecular complexity index is 680. The number of hydrogen-bond acceptors (Lipinski definition) is 2. The van der Waals surface area contributed by atoms with E-state index in [0.29, 0.717) is 35.0 Å². The molecule has 1 aromatic rings. The van der Waals surface area contributed by atoms with Gasteiger partial charge in [0.05, 0.1) is 0 Å². The van der Waals surface area contributed by atoms with E-state index in [4.69, 9.17) is 0 Å². The number of anilines is 2. The molecule has 0 heterocycles. The van der Waals surface area contributed by atoms with Gasteiger partial charge in [0.25, 0.3) is 0 Å². The molecule has 3 rings (SSSR count). The van der Waals surface area contributed by atoms with Crippen LogP contribution in [0.3, 0.4) is 0 Å². The van der Waals surface area contributed by atoms with E-state index in [9.17, 15) is 9.59 Å². The first kappa shape index (κ1) is 22.4. The number of urea groups is 2. The average molecular weight is 415 g/mol. The summed E-state index contributed by atoms with van der Waals surface area (Å²) < 4.78 is 0. The van der Waals surface area contributed by atoms with Crippen LogP contribution in [0.1, 0.15) is 66.2 Å². The lowest BCUT2D eigenvalue weighted by atomic mass is 9.80. The smallest absolute Gasteiger partial charge is 0.319 e. The number of nitrogens with one attached hydrogen (secondary N) is 4. The average Bonchev–Trinajstić information content (AvgIpc) is 2.68. The van der Waals surface area contributed by atoms with Gasteiger partial charge in [-0.3, -0.25) is 0 Å². The Labute approximate surface area is 181 Å². The Kier molecular flexibility index (Phi) is 7.62. The second-order valence-electron chi connectivity index (χ2n) is 9.78. The predicted octanol–water partition coefficient (Wildman–Crippen LogP) is 5.58. The van der Waals surface area contributed by atoms with Crippen LogP contribution in [0.2, 0.25) is 0 Å². The molecule has 6 heteroatoms. The molecule has 0 radical (unpaired) electrons.